The zero-order valence-electron chi connectivity index (χ0n) is 13.6. The fourth-order valence-electron chi connectivity index (χ4n) is 2.31. The van der Waals surface area contributed by atoms with E-state index in [9.17, 15) is 26.4 Å². The number of hydrogen-bond acceptors (Lipinski definition) is 4. The van der Waals surface area contributed by atoms with Gasteiger partial charge in [-0.05, 0) is 12.0 Å². The van der Waals surface area contributed by atoms with Crippen molar-refractivity contribution in [3.05, 3.63) is 47.7 Å². The van der Waals surface area contributed by atoms with Crippen LogP contribution in [0.25, 0.3) is 0 Å². The van der Waals surface area contributed by atoms with Crippen molar-refractivity contribution >= 4 is 16.0 Å². The second-order valence-corrected chi connectivity index (χ2v) is 7.20. The summed E-state index contributed by atoms with van der Waals surface area (Å²) < 4.78 is 65.7. The first-order valence-electron chi connectivity index (χ1n) is 7.41. The van der Waals surface area contributed by atoms with Gasteiger partial charge in [0.05, 0.1) is 0 Å². The summed E-state index contributed by atoms with van der Waals surface area (Å²) in [5.74, 6) is -1.38. The Morgan fingerprint density at radius 3 is 2.42 bits per heavy atom. The first-order chi connectivity index (χ1) is 12.0. The van der Waals surface area contributed by atoms with Gasteiger partial charge in [0.25, 0.3) is 10.0 Å². The van der Waals surface area contributed by atoms with E-state index >= 15 is 0 Å². The molecule has 11 heteroatoms. The van der Waals surface area contributed by atoms with Gasteiger partial charge in [-0.15, -0.1) is 0 Å². The molecule has 0 aliphatic rings. The summed E-state index contributed by atoms with van der Waals surface area (Å²) in [4.78, 5) is 11.0. The predicted molar refractivity (Wildman–Crippen MR) is 85.0 cm³/mol. The quantitative estimate of drug-likeness (QED) is 0.755. The average molecular weight is 391 g/mol. The topological polar surface area (TPSA) is 101 Å². The summed E-state index contributed by atoms with van der Waals surface area (Å²) in [5, 5.41) is 12.0. The number of carboxylic acids is 1. The minimum atomic E-state index is -4.44. The van der Waals surface area contributed by atoms with Crippen LogP contribution in [0.2, 0.25) is 0 Å². The van der Waals surface area contributed by atoms with Crippen LogP contribution in [-0.2, 0) is 17.1 Å². The van der Waals surface area contributed by atoms with Crippen molar-refractivity contribution in [2.24, 2.45) is 7.05 Å². The van der Waals surface area contributed by atoms with E-state index in [1.807, 2.05) is 0 Å². The monoisotopic (exact) mass is 391 g/mol. The van der Waals surface area contributed by atoms with Crippen LogP contribution in [0.1, 0.15) is 34.9 Å². The zero-order chi connectivity index (χ0) is 19.5. The molecule has 1 unspecified atom stereocenters. The number of aryl methyl sites for hydroxylation is 1. The van der Waals surface area contributed by atoms with E-state index in [1.165, 1.54) is 19.2 Å². The van der Waals surface area contributed by atoms with E-state index in [4.69, 9.17) is 5.11 Å². The van der Waals surface area contributed by atoms with Crippen LogP contribution in [0.3, 0.4) is 0 Å². The lowest BCUT2D eigenvalue weighted by atomic mass is 10.0. The molecule has 1 aromatic carbocycles. The van der Waals surface area contributed by atoms with Crippen LogP contribution in [0.4, 0.5) is 13.2 Å². The van der Waals surface area contributed by atoms with Gasteiger partial charge in [-0.1, -0.05) is 30.3 Å². The standard InChI is InChI=1S/C15H16F3N3O4S/c1-21-12(14(22)23)9-13(19-21)26(24,25)20-11(7-8-15(16,17)18)10-5-3-2-4-6-10/h2-6,9,11,20H,7-8H2,1H3,(H,22,23). The minimum Gasteiger partial charge on any atom is -0.477 e. The van der Waals surface area contributed by atoms with Gasteiger partial charge in [0, 0.05) is 25.6 Å². The maximum absolute atomic E-state index is 12.6. The molecule has 1 aromatic heterocycles. The lowest BCUT2D eigenvalue weighted by Crippen LogP contribution is -2.30. The first-order valence-corrected chi connectivity index (χ1v) is 8.89. The minimum absolute atomic E-state index is 0.356. The number of halogens is 3. The number of alkyl halides is 3. The maximum atomic E-state index is 12.6. The molecule has 0 saturated heterocycles. The van der Waals surface area contributed by atoms with Crippen LogP contribution in [0.15, 0.2) is 41.4 Å². The highest BCUT2D eigenvalue weighted by Crippen LogP contribution is 2.28. The normalized spacial score (nSPS) is 13.5. The second kappa shape index (κ2) is 7.46. The van der Waals surface area contributed by atoms with Gasteiger partial charge in [-0.25, -0.2) is 17.9 Å². The largest absolute Gasteiger partial charge is 0.477 e. The number of rotatable bonds is 7. The van der Waals surface area contributed by atoms with Gasteiger partial charge in [-0.3, -0.25) is 4.68 Å². The Kier molecular flexibility index (Phi) is 5.71. The number of benzene rings is 1. The van der Waals surface area contributed by atoms with Crippen molar-refractivity contribution in [3.8, 4) is 0 Å². The lowest BCUT2D eigenvalue weighted by molar-refractivity contribution is -0.136. The van der Waals surface area contributed by atoms with E-state index in [0.717, 1.165) is 10.7 Å². The Labute approximate surface area is 147 Å². The number of sulfonamides is 1. The highest BCUT2D eigenvalue weighted by molar-refractivity contribution is 7.89. The van der Waals surface area contributed by atoms with E-state index in [0.29, 0.717) is 5.56 Å². The highest BCUT2D eigenvalue weighted by atomic mass is 32.2. The lowest BCUT2D eigenvalue weighted by Gasteiger charge is -2.19. The molecule has 0 amide bonds. The zero-order valence-corrected chi connectivity index (χ0v) is 14.4. The molecule has 26 heavy (non-hydrogen) atoms. The Bertz CT molecular complexity index is 879. The smallest absolute Gasteiger partial charge is 0.389 e. The molecule has 142 valence electrons. The number of nitrogens with zero attached hydrogens (tertiary/aromatic N) is 2. The van der Waals surface area contributed by atoms with Gasteiger partial charge >= 0.3 is 12.1 Å². The van der Waals surface area contributed by atoms with Crippen LogP contribution in [0.5, 0.6) is 0 Å². The number of aromatic nitrogens is 2. The molecule has 2 aromatic rings. The molecule has 1 heterocycles. The Morgan fingerprint density at radius 1 is 1.31 bits per heavy atom. The second-order valence-electron chi connectivity index (χ2n) is 5.53. The molecule has 0 spiro atoms. The molecule has 7 nitrogen and oxygen atoms in total. The molecule has 0 aliphatic heterocycles. The van der Waals surface area contributed by atoms with Crippen molar-refractivity contribution in [3.63, 3.8) is 0 Å². The highest BCUT2D eigenvalue weighted by Gasteiger charge is 2.31. The van der Waals surface area contributed by atoms with Gasteiger partial charge in [0.15, 0.2) is 5.03 Å². The summed E-state index contributed by atoms with van der Waals surface area (Å²) in [6.45, 7) is 0. The van der Waals surface area contributed by atoms with Crippen molar-refractivity contribution in [2.45, 2.75) is 30.1 Å². The third-order valence-corrected chi connectivity index (χ3v) is 4.91. The third kappa shape index (κ3) is 5.05. The van der Waals surface area contributed by atoms with Gasteiger partial charge in [0.1, 0.15) is 5.69 Å². The number of nitrogens with one attached hydrogen (secondary N) is 1. The van der Waals surface area contributed by atoms with Crippen LogP contribution in [0, 0.1) is 0 Å². The van der Waals surface area contributed by atoms with Crippen LogP contribution in [-0.4, -0.2) is 35.5 Å². The number of hydrogen-bond donors (Lipinski definition) is 2. The Morgan fingerprint density at radius 2 is 1.92 bits per heavy atom. The van der Waals surface area contributed by atoms with Crippen molar-refractivity contribution < 1.29 is 31.5 Å². The van der Waals surface area contributed by atoms with Gasteiger partial charge < -0.3 is 5.11 Å². The first kappa shape index (κ1) is 19.9. The molecule has 0 aliphatic carbocycles. The Hall–Kier alpha value is -2.40. The molecular weight excluding hydrogens is 375 g/mol. The van der Waals surface area contributed by atoms with Crippen LogP contribution < -0.4 is 4.72 Å². The average Bonchev–Trinajstić information content (AvgIpc) is 2.94. The molecule has 1 atom stereocenters. The molecule has 2 N–H and O–H groups in total. The van der Waals surface area contributed by atoms with Crippen molar-refractivity contribution in [1.82, 2.24) is 14.5 Å². The SMILES string of the molecule is Cn1nc(S(=O)(=O)NC(CCC(F)(F)F)c2ccccc2)cc1C(=O)O. The van der Waals surface area contributed by atoms with E-state index in [1.54, 1.807) is 18.2 Å². The van der Waals surface area contributed by atoms with Gasteiger partial charge in [-0.2, -0.15) is 18.3 Å². The molecule has 0 fully saturated rings. The third-order valence-electron chi connectivity index (χ3n) is 3.57. The molecular formula is C15H16F3N3O4S. The fraction of sp³-hybridized carbons (Fsp3) is 0.333. The number of carboxylic acid groups (broad SMARTS) is 1. The summed E-state index contributed by atoms with van der Waals surface area (Å²) in [6.07, 6.45) is -6.14. The van der Waals surface area contributed by atoms with Crippen molar-refractivity contribution in [2.75, 3.05) is 0 Å². The molecule has 0 bridgehead atoms. The summed E-state index contributed by atoms with van der Waals surface area (Å²) in [6, 6.07) is 7.52. The summed E-state index contributed by atoms with van der Waals surface area (Å²) in [7, 11) is -3.07. The number of carbonyl (C=O) groups is 1. The Balaban J connectivity index is 2.31. The molecule has 0 saturated carbocycles. The number of aromatic carboxylic acids is 1. The van der Waals surface area contributed by atoms with E-state index in [-0.39, 0.29) is 5.69 Å². The van der Waals surface area contributed by atoms with E-state index in [2.05, 4.69) is 9.82 Å². The van der Waals surface area contributed by atoms with Crippen molar-refractivity contribution in [1.29, 1.82) is 0 Å². The molecule has 2 rings (SSSR count). The fourth-order valence-corrected chi connectivity index (χ4v) is 3.55. The maximum Gasteiger partial charge on any atom is 0.389 e. The van der Waals surface area contributed by atoms with Crippen LogP contribution >= 0.6 is 0 Å². The molecule has 0 radical (unpaired) electrons. The van der Waals surface area contributed by atoms with E-state index < -0.39 is 46.1 Å². The summed E-state index contributed by atoms with van der Waals surface area (Å²) in [5.41, 5.74) is -0.00774. The van der Waals surface area contributed by atoms with Gasteiger partial charge in [0.2, 0.25) is 0 Å². The summed E-state index contributed by atoms with van der Waals surface area (Å²) >= 11 is 0. The predicted octanol–water partition coefficient (Wildman–Crippen LogP) is 2.48.